The molecular weight excluding hydrogens is 558 g/mol. The first-order valence-electron chi connectivity index (χ1n) is 15.7. The number of hydrogen-bond acceptors (Lipinski definition) is 7. The van der Waals surface area contributed by atoms with Crippen LogP contribution in [0.4, 0.5) is 0 Å². The Morgan fingerprint density at radius 2 is 1.32 bits per heavy atom. The Kier molecular flexibility index (Phi) is 24.9. The summed E-state index contributed by atoms with van der Waals surface area (Å²) in [6.45, 7) is 4.16. The molecule has 0 bridgehead atoms. The van der Waals surface area contributed by atoms with E-state index in [0.717, 1.165) is 25.7 Å². The number of rotatable bonds is 25. The van der Waals surface area contributed by atoms with E-state index < -0.39 is 24.1 Å². The van der Waals surface area contributed by atoms with Crippen LogP contribution in [0.25, 0.3) is 0 Å². The summed E-state index contributed by atoms with van der Waals surface area (Å²) in [4.78, 5) is 36.2. The zero-order valence-electron chi connectivity index (χ0n) is 27.5. The molecule has 2 atom stereocenters. The van der Waals surface area contributed by atoms with Crippen LogP contribution in [0.5, 0.6) is 0 Å². The smallest absolute Gasteiger partial charge is 0.306 e. The zero-order valence-corrected chi connectivity index (χ0v) is 27.5. The highest BCUT2D eigenvalue weighted by Gasteiger charge is 2.25. The molecule has 0 aliphatic heterocycles. The van der Waals surface area contributed by atoms with Crippen LogP contribution < -0.4 is 5.11 Å². The van der Waals surface area contributed by atoms with Gasteiger partial charge in [0.25, 0.3) is 0 Å². The largest absolute Gasteiger partial charge is 0.544 e. The minimum absolute atomic E-state index is 0.0116. The van der Waals surface area contributed by atoms with Crippen molar-refractivity contribution in [1.82, 2.24) is 0 Å². The average Bonchev–Trinajstić information content (AvgIpc) is 2.96. The molecule has 0 aromatic heterocycles. The Balaban J connectivity index is 4.69. The molecule has 0 saturated carbocycles. The molecule has 0 heterocycles. The third-order valence-corrected chi connectivity index (χ3v) is 6.17. The molecule has 0 spiro atoms. The van der Waals surface area contributed by atoms with E-state index in [0.29, 0.717) is 12.8 Å². The first-order chi connectivity index (χ1) is 21.1. The van der Waals surface area contributed by atoms with Crippen molar-refractivity contribution in [3.05, 3.63) is 85.1 Å². The maximum atomic E-state index is 12.4. The number of carboxylic acid groups (broad SMARTS) is 1. The summed E-state index contributed by atoms with van der Waals surface area (Å²) in [7, 11) is 5.32. The highest BCUT2D eigenvalue weighted by atomic mass is 16.6. The van der Waals surface area contributed by atoms with Crippen LogP contribution in [-0.4, -0.2) is 75.5 Å². The molecule has 8 heteroatoms. The summed E-state index contributed by atoms with van der Waals surface area (Å²) in [6.07, 6.45) is 32.4. The maximum Gasteiger partial charge on any atom is 0.306 e. The highest BCUT2D eigenvalue weighted by Crippen LogP contribution is 2.09. The van der Waals surface area contributed by atoms with Crippen molar-refractivity contribution in [2.75, 3.05) is 41.0 Å². The van der Waals surface area contributed by atoms with Crippen LogP contribution in [0.1, 0.15) is 71.6 Å². The second-order valence-electron chi connectivity index (χ2n) is 11.0. The lowest BCUT2D eigenvalue weighted by atomic mass is 10.1. The second kappa shape index (κ2) is 27.1. The fourth-order valence-electron chi connectivity index (χ4n) is 3.75. The Bertz CT molecular complexity index is 996. The number of esters is 2. The summed E-state index contributed by atoms with van der Waals surface area (Å²) < 4.78 is 16.8. The van der Waals surface area contributed by atoms with Crippen LogP contribution in [0.2, 0.25) is 0 Å². The second-order valence-corrected chi connectivity index (χ2v) is 11.0. The van der Waals surface area contributed by atoms with E-state index in [1.54, 1.807) is 21.1 Å². The standard InChI is InChI=1S/C36H55NO7/c1-6-8-10-12-14-15-16-17-18-19-21-22-24-26-34(38)43-31-32(30-42-29-28-33(36(40)41)37(3,4)5)44-35(39)27-25-23-20-13-11-9-7-2/h8-12,14-21,23,32-33H,6-7,13,22,24-31H2,1-5H3/b10-8+,11-9+,14-12+,16-15+,18-17+,21-19+,23-20+. The Morgan fingerprint density at radius 1 is 0.705 bits per heavy atom. The third kappa shape index (κ3) is 25.0. The normalized spacial score (nSPS) is 14.3. The summed E-state index contributed by atoms with van der Waals surface area (Å²) in [5.74, 6) is -1.95. The number of carbonyl (C=O) groups excluding carboxylic acids is 3. The van der Waals surface area contributed by atoms with Crippen LogP contribution >= 0.6 is 0 Å². The van der Waals surface area contributed by atoms with E-state index in [-0.39, 0.29) is 49.5 Å². The quantitative estimate of drug-likeness (QED) is 0.0426. The molecule has 2 unspecified atom stereocenters. The van der Waals surface area contributed by atoms with Gasteiger partial charge in [0.05, 0.1) is 40.3 Å². The lowest BCUT2D eigenvalue weighted by Crippen LogP contribution is -2.55. The maximum absolute atomic E-state index is 12.4. The summed E-state index contributed by atoms with van der Waals surface area (Å²) >= 11 is 0. The fourth-order valence-corrected chi connectivity index (χ4v) is 3.75. The lowest BCUT2D eigenvalue weighted by molar-refractivity contribution is -0.889. The van der Waals surface area contributed by atoms with Gasteiger partial charge < -0.3 is 28.6 Å². The monoisotopic (exact) mass is 613 g/mol. The summed E-state index contributed by atoms with van der Waals surface area (Å²) in [5, 5.41) is 11.5. The molecule has 44 heavy (non-hydrogen) atoms. The number of nitrogens with zero attached hydrogens (tertiary/aromatic N) is 1. The Labute approximate surface area is 265 Å². The van der Waals surface area contributed by atoms with Crippen molar-refractivity contribution in [3.63, 3.8) is 0 Å². The van der Waals surface area contributed by atoms with Gasteiger partial charge in [-0.25, -0.2) is 0 Å². The Morgan fingerprint density at radius 3 is 1.93 bits per heavy atom. The molecule has 0 radical (unpaired) electrons. The molecule has 0 aromatic rings. The minimum atomic E-state index is -1.15. The minimum Gasteiger partial charge on any atom is -0.544 e. The average molecular weight is 614 g/mol. The van der Waals surface area contributed by atoms with Gasteiger partial charge in [0.15, 0.2) is 6.10 Å². The van der Waals surface area contributed by atoms with Gasteiger partial charge in [-0.2, -0.15) is 0 Å². The fraction of sp³-hybridized carbons (Fsp3) is 0.528. The summed E-state index contributed by atoms with van der Waals surface area (Å²) in [5.41, 5.74) is 0. The number of hydrogen-bond donors (Lipinski definition) is 0. The van der Waals surface area contributed by atoms with Gasteiger partial charge in [0.1, 0.15) is 12.6 Å². The van der Waals surface area contributed by atoms with Gasteiger partial charge in [-0.1, -0.05) is 98.9 Å². The van der Waals surface area contributed by atoms with Gasteiger partial charge in [-0.3, -0.25) is 9.59 Å². The number of allylic oxidation sites excluding steroid dienone is 14. The molecule has 0 aliphatic rings. The Hall–Kier alpha value is -3.49. The van der Waals surface area contributed by atoms with Crippen molar-refractivity contribution in [2.24, 2.45) is 0 Å². The number of quaternary nitrogens is 1. The lowest BCUT2D eigenvalue weighted by Gasteiger charge is -2.34. The molecule has 0 amide bonds. The topological polar surface area (TPSA) is 102 Å². The number of carbonyl (C=O) groups is 3. The van der Waals surface area contributed by atoms with Gasteiger partial charge in [-0.15, -0.1) is 0 Å². The van der Waals surface area contributed by atoms with Crippen molar-refractivity contribution in [1.29, 1.82) is 0 Å². The molecule has 0 aliphatic carbocycles. The predicted octanol–water partition coefficient (Wildman–Crippen LogP) is 5.73. The molecule has 0 fully saturated rings. The number of carboxylic acids is 1. The number of unbranched alkanes of at least 4 members (excludes halogenated alkanes) is 1. The van der Waals surface area contributed by atoms with Crippen LogP contribution in [0.15, 0.2) is 85.1 Å². The first-order valence-corrected chi connectivity index (χ1v) is 15.7. The van der Waals surface area contributed by atoms with Crippen molar-refractivity contribution >= 4 is 17.9 Å². The van der Waals surface area contributed by atoms with E-state index in [1.165, 1.54) is 0 Å². The van der Waals surface area contributed by atoms with E-state index in [1.807, 2.05) is 66.8 Å². The molecule has 0 N–H and O–H groups in total. The van der Waals surface area contributed by atoms with Crippen LogP contribution in [0.3, 0.4) is 0 Å². The number of aliphatic carboxylic acids is 1. The van der Waals surface area contributed by atoms with Gasteiger partial charge in [0, 0.05) is 19.3 Å². The molecule has 246 valence electrons. The van der Waals surface area contributed by atoms with Gasteiger partial charge >= 0.3 is 11.9 Å². The third-order valence-electron chi connectivity index (χ3n) is 6.17. The van der Waals surface area contributed by atoms with E-state index >= 15 is 0 Å². The first kappa shape index (κ1) is 40.5. The van der Waals surface area contributed by atoms with Crippen molar-refractivity contribution < 1.29 is 38.2 Å². The SMILES string of the molecule is CC/C=C/C=C/C=C/C=C/C=C/CCCC(=O)OCC(COCCC(C(=O)[O-])[N+](C)(C)C)OC(=O)CC/C=C/C/C=C/CC. The van der Waals surface area contributed by atoms with Gasteiger partial charge in [0.2, 0.25) is 0 Å². The molecule has 0 aromatic carbocycles. The number of likely N-dealkylation sites (N-methyl/N-ethyl adjacent to an activating group) is 1. The molecular formula is C36H55NO7. The zero-order chi connectivity index (χ0) is 32.9. The van der Waals surface area contributed by atoms with Crippen molar-refractivity contribution in [2.45, 2.75) is 83.8 Å². The van der Waals surface area contributed by atoms with Gasteiger partial charge in [-0.05, 0) is 38.5 Å². The van der Waals surface area contributed by atoms with Crippen LogP contribution in [-0.2, 0) is 28.6 Å². The highest BCUT2D eigenvalue weighted by molar-refractivity contribution is 5.70. The molecule has 0 saturated heterocycles. The summed E-state index contributed by atoms with van der Waals surface area (Å²) in [6, 6.07) is -0.746. The van der Waals surface area contributed by atoms with Crippen LogP contribution in [0, 0.1) is 0 Å². The van der Waals surface area contributed by atoms with E-state index in [2.05, 4.69) is 32.1 Å². The van der Waals surface area contributed by atoms with E-state index in [9.17, 15) is 19.5 Å². The molecule has 0 rings (SSSR count). The van der Waals surface area contributed by atoms with Crippen molar-refractivity contribution in [3.8, 4) is 0 Å². The number of ether oxygens (including phenoxy) is 3. The predicted molar refractivity (Wildman–Crippen MR) is 175 cm³/mol. The molecule has 8 nitrogen and oxygen atoms in total. The van der Waals surface area contributed by atoms with E-state index in [4.69, 9.17) is 14.2 Å².